The Morgan fingerprint density at radius 3 is 2.67 bits per heavy atom. The topological polar surface area (TPSA) is 67.9 Å². The van der Waals surface area contributed by atoms with E-state index >= 15 is 0 Å². The van der Waals surface area contributed by atoms with Crippen LogP contribution in [0.25, 0.3) is 0 Å². The molecule has 1 aliphatic rings. The molecule has 1 fully saturated rings. The number of benzene rings is 1. The van der Waals surface area contributed by atoms with Crippen LogP contribution >= 0.6 is 0 Å². The number of nitrogens with zero attached hydrogens (tertiary/aromatic N) is 1. The number of carbonyl (C=O) groups is 2. The average Bonchev–Trinajstić information content (AvgIpc) is 2.55. The molecule has 21 heavy (non-hydrogen) atoms. The minimum absolute atomic E-state index is 0.140. The molecule has 6 heteroatoms. The first-order valence-corrected chi connectivity index (χ1v) is 7.00. The summed E-state index contributed by atoms with van der Waals surface area (Å²) in [4.78, 5) is 25.6. The summed E-state index contributed by atoms with van der Waals surface area (Å²) in [6, 6.07) is 5.38. The Hall–Kier alpha value is -2.08. The number of amides is 1. The maximum Gasteiger partial charge on any atom is 0.340 e. The van der Waals surface area contributed by atoms with Gasteiger partial charge in [-0.3, -0.25) is 4.79 Å². The molecule has 1 aromatic rings. The maximum absolute atomic E-state index is 11.9. The molecule has 0 unspecified atom stereocenters. The van der Waals surface area contributed by atoms with Gasteiger partial charge in [0.15, 0.2) is 0 Å². The lowest BCUT2D eigenvalue weighted by atomic mass is 10.1. The average molecular weight is 292 g/mol. The van der Waals surface area contributed by atoms with Crippen LogP contribution in [-0.4, -0.2) is 45.3 Å². The van der Waals surface area contributed by atoms with E-state index in [0.717, 1.165) is 18.8 Å². The third-order valence-electron chi connectivity index (χ3n) is 3.38. The number of carbonyl (C=O) groups excluding carboxylic acids is 2. The highest BCUT2D eigenvalue weighted by atomic mass is 16.5. The molecule has 0 bridgehead atoms. The van der Waals surface area contributed by atoms with Crippen molar-refractivity contribution < 1.29 is 19.1 Å². The predicted molar refractivity (Wildman–Crippen MR) is 79.7 cm³/mol. The largest absolute Gasteiger partial charge is 0.465 e. The van der Waals surface area contributed by atoms with Gasteiger partial charge in [0, 0.05) is 25.2 Å². The molecule has 1 saturated heterocycles. The fourth-order valence-electron chi connectivity index (χ4n) is 2.18. The molecule has 1 amide bonds. The van der Waals surface area contributed by atoms with E-state index in [1.807, 2.05) is 6.07 Å². The van der Waals surface area contributed by atoms with E-state index < -0.39 is 5.97 Å². The number of ether oxygens (including phenoxy) is 2. The summed E-state index contributed by atoms with van der Waals surface area (Å²) in [7, 11) is 1.33. The van der Waals surface area contributed by atoms with E-state index in [9.17, 15) is 9.59 Å². The van der Waals surface area contributed by atoms with Crippen LogP contribution in [0.1, 0.15) is 23.7 Å². The van der Waals surface area contributed by atoms with Gasteiger partial charge in [0.05, 0.1) is 31.6 Å². The number of hydrogen-bond donors (Lipinski definition) is 1. The van der Waals surface area contributed by atoms with Gasteiger partial charge in [-0.05, 0) is 18.2 Å². The highest BCUT2D eigenvalue weighted by Gasteiger charge is 2.18. The molecule has 0 aliphatic carbocycles. The minimum Gasteiger partial charge on any atom is -0.465 e. The van der Waals surface area contributed by atoms with Crippen molar-refractivity contribution in [2.24, 2.45) is 0 Å². The molecule has 2 rings (SSSR count). The predicted octanol–water partition coefficient (Wildman–Crippen LogP) is 1.66. The van der Waals surface area contributed by atoms with Crippen molar-refractivity contribution in [3.63, 3.8) is 0 Å². The van der Waals surface area contributed by atoms with Gasteiger partial charge in [0.2, 0.25) is 5.91 Å². The van der Waals surface area contributed by atoms with Gasteiger partial charge in [-0.25, -0.2) is 4.79 Å². The summed E-state index contributed by atoms with van der Waals surface area (Å²) in [6.45, 7) is 4.65. The fraction of sp³-hybridized carbons (Fsp3) is 0.467. The van der Waals surface area contributed by atoms with Crippen LogP contribution in [0.2, 0.25) is 0 Å². The molecule has 0 atom stereocenters. The Bertz CT molecular complexity index is 524. The van der Waals surface area contributed by atoms with Crippen molar-refractivity contribution in [2.45, 2.75) is 13.3 Å². The lowest BCUT2D eigenvalue weighted by Gasteiger charge is -2.29. The Morgan fingerprint density at radius 1 is 1.33 bits per heavy atom. The number of nitrogens with one attached hydrogen (secondary N) is 1. The third-order valence-corrected chi connectivity index (χ3v) is 3.38. The first-order chi connectivity index (χ1) is 10.2. The van der Waals surface area contributed by atoms with Crippen LogP contribution in [0.3, 0.4) is 0 Å². The number of hydrogen-bond acceptors (Lipinski definition) is 5. The van der Waals surface area contributed by atoms with E-state index in [2.05, 4.69) is 10.2 Å². The van der Waals surface area contributed by atoms with Gasteiger partial charge in [-0.1, -0.05) is 6.92 Å². The van der Waals surface area contributed by atoms with Crippen LogP contribution in [-0.2, 0) is 14.3 Å². The molecule has 6 nitrogen and oxygen atoms in total. The SMILES string of the molecule is CCC(=O)Nc1ccc(N2CCOCC2)cc1C(=O)OC. The standard InChI is InChI=1S/C15H20N2O4/c1-3-14(18)16-13-5-4-11(10-12(13)15(19)20-2)17-6-8-21-9-7-17/h4-5,10H,3,6-9H2,1-2H3,(H,16,18). The van der Waals surface area contributed by atoms with Crippen LogP contribution in [0.15, 0.2) is 18.2 Å². The summed E-state index contributed by atoms with van der Waals surface area (Å²) in [6.07, 6.45) is 0.353. The highest BCUT2D eigenvalue weighted by molar-refractivity contribution is 6.02. The number of anilines is 2. The molecule has 1 heterocycles. The van der Waals surface area contributed by atoms with Gasteiger partial charge in [0.1, 0.15) is 0 Å². The molecule has 0 radical (unpaired) electrons. The fourth-order valence-corrected chi connectivity index (χ4v) is 2.18. The molecule has 1 aliphatic heterocycles. The normalized spacial score (nSPS) is 14.7. The van der Waals surface area contributed by atoms with Crippen molar-refractivity contribution >= 4 is 23.3 Å². The van der Waals surface area contributed by atoms with Crippen LogP contribution in [0.5, 0.6) is 0 Å². The second-order valence-electron chi connectivity index (χ2n) is 4.72. The van der Waals surface area contributed by atoms with Gasteiger partial charge in [-0.15, -0.1) is 0 Å². The number of methoxy groups -OCH3 is 1. The second kappa shape index (κ2) is 7.08. The van der Waals surface area contributed by atoms with Crippen LogP contribution in [0, 0.1) is 0 Å². The minimum atomic E-state index is -0.462. The van der Waals surface area contributed by atoms with Crippen molar-refractivity contribution in [2.75, 3.05) is 43.6 Å². The molecule has 0 saturated carbocycles. The van der Waals surface area contributed by atoms with Gasteiger partial charge in [-0.2, -0.15) is 0 Å². The molecule has 1 aromatic carbocycles. The third kappa shape index (κ3) is 3.72. The van der Waals surface area contributed by atoms with Crippen molar-refractivity contribution in [1.82, 2.24) is 0 Å². The number of morpholine rings is 1. The zero-order valence-corrected chi connectivity index (χ0v) is 12.3. The molecule has 1 N–H and O–H groups in total. The molecular formula is C15H20N2O4. The zero-order valence-electron chi connectivity index (χ0n) is 12.3. The highest BCUT2D eigenvalue weighted by Crippen LogP contribution is 2.25. The Kier molecular flexibility index (Phi) is 5.16. The Labute approximate surface area is 124 Å². The summed E-state index contributed by atoms with van der Waals surface area (Å²) in [5, 5.41) is 2.72. The molecule has 0 aromatic heterocycles. The summed E-state index contributed by atoms with van der Waals surface area (Å²) >= 11 is 0. The lowest BCUT2D eigenvalue weighted by molar-refractivity contribution is -0.115. The van der Waals surface area contributed by atoms with Gasteiger partial charge < -0.3 is 19.7 Å². The van der Waals surface area contributed by atoms with Crippen LogP contribution in [0.4, 0.5) is 11.4 Å². The smallest absolute Gasteiger partial charge is 0.340 e. The van der Waals surface area contributed by atoms with E-state index in [0.29, 0.717) is 30.9 Å². The molecule has 0 spiro atoms. The molecule has 114 valence electrons. The van der Waals surface area contributed by atoms with Crippen LogP contribution < -0.4 is 10.2 Å². The zero-order chi connectivity index (χ0) is 15.2. The van der Waals surface area contributed by atoms with E-state index in [4.69, 9.17) is 9.47 Å². The van der Waals surface area contributed by atoms with E-state index in [1.54, 1.807) is 19.1 Å². The number of esters is 1. The quantitative estimate of drug-likeness (QED) is 0.855. The summed E-state index contributed by atoms with van der Waals surface area (Å²) in [5.74, 6) is -0.601. The Morgan fingerprint density at radius 2 is 2.05 bits per heavy atom. The van der Waals surface area contributed by atoms with Gasteiger partial charge >= 0.3 is 5.97 Å². The summed E-state index contributed by atoms with van der Waals surface area (Å²) in [5.41, 5.74) is 1.77. The van der Waals surface area contributed by atoms with Crippen molar-refractivity contribution in [3.05, 3.63) is 23.8 Å². The van der Waals surface area contributed by atoms with Crippen molar-refractivity contribution in [1.29, 1.82) is 0 Å². The molecular weight excluding hydrogens is 272 g/mol. The Balaban J connectivity index is 2.29. The number of rotatable bonds is 4. The van der Waals surface area contributed by atoms with E-state index in [1.165, 1.54) is 7.11 Å². The van der Waals surface area contributed by atoms with Gasteiger partial charge in [0.25, 0.3) is 0 Å². The first-order valence-electron chi connectivity index (χ1n) is 7.00. The lowest BCUT2D eigenvalue weighted by Crippen LogP contribution is -2.36. The maximum atomic E-state index is 11.9. The monoisotopic (exact) mass is 292 g/mol. The summed E-state index contributed by atoms with van der Waals surface area (Å²) < 4.78 is 10.1. The van der Waals surface area contributed by atoms with Crippen molar-refractivity contribution in [3.8, 4) is 0 Å². The van der Waals surface area contributed by atoms with E-state index in [-0.39, 0.29) is 5.91 Å². The second-order valence-corrected chi connectivity index (χ2v) is 4.72. The first kappa shape index (κ1) is 15.3.